The van der Waals surface area contributed by atoms with E-state index in [0.717, 1.165) is 25.0 Å². The fourth-order valence-electron chi connectivity index (χ4n) is 5.36. The minimum Gasteiger partial charge on any atom is -0.479 e. The van der Waals surface area contributed by atoms with Crippen LogP contribution in [0.25, 0.3) is 22.6 Å². The molecule has 2 aliphatic rings. The number of nitrogens with one attached hydrogen (secondary N) is 1. The number of hydrazone groups is 1. The second kappa shape index (κ2) is 10.1. The number of benzene rings is 2. The molecule has 8 nitrogen and oxygen atoms in total. The van der Waals surface area contributed by atoms with Crippen molar-refractivity contribution in [2.24, 2.45) is 5.10 Å². The molecular weight excluding hydrogens is 561 g/mol. The number of hydrogen-bond donors (Lipinski definition) is 2. The molecule has 1 atom stereocenters. The van der Waals surface area contributed by atoms with E-state index in [4.69, 9.17) is 4.52 Å². The minimum atomic E-state index is -4.67. The number of halogens is 5. The maximum absolute atomic E-state index is 14.4. The maximum Gasteiger partial charge on any atom is 0.417 e. The van der Waals surface area contributed by atoms with E-state index in [1.54, 1.807) is 13.0 Å². The van der Waals surface area contributed by atoms with Crippen LogP contribution in [0, 0.1) is 11.6 Å². The zero-order valence-electron chi connectivity index (χ0n) is 22.2. The van der Waals surface area contributed by atoms with Gasteiger partial charge in [-0.1, -0.05) is 36.7 Å². The van der Waals surface area contributed by atoms with E-state index in [9.17, 15) is 31.9 Å². The minimum absolute atomic E-state index is 0.0259. The number of aromatic nitrogens is 3. The van der Waals surface area contributed by atoms with Gasteiger partial charge in [0.25, 0.3) is 0 Å². The van der Waals surface area contributed by atoms with Crippen molar-refractivity contribution < 1.29 is 36.4 Å². The second-order valence-electron chi connectivity index (χ2n) is 10.4. The zero-order chi connectivity index (χ0) is 29.8. The fraction of sp³-hybridized carbons (Fsp3) is 0.310. The molecule has 42 heavy (non-hydrogen) atoms. The number of rotatable bonds is 8. The van der Waals surface area contributed by atoms with Gasteiger partial charge in [-0.2, -0.15) is 18.3 Å². The third kappa shape index (κ3) is 4.62. The average molecular weight is 586 g/mol. The first-order chi connectivity index (χ1) is 20.0. The summed E-state index contributed by atoms with van der Waals surface area (Å²) in [6.45, 7) is 1.59. The number of H-pyrrole nitrogens is 1. The maximum atomic E-state index is 14.4. The standard InChI is InChI=1S/C29H24F5N5O3/c1-2-10-28(27(40)41,39-14-23-22(13-35-39)36-26(37-23)18-4-3-5-20(30)25(18)31)24-12-21(38-42-24)17-9-8-16(15-6-7-15)11-19(17)29(32,33)34/h3-5,8-9,11-13,15H,2,6-7,10,14H2,1H3,(H,36,37)(H,40,41). The first-order valence-electron chi connectivity index (χ1n) is 13.3. The van der Waals surface area contributed by atoms with Crippen molar-refractivity contribution in [3.8, 4) is 22.6 Å². The van der Waals surface area contributed by atoms with Crippen LogP contribution in [0.5, 0.6) is 0 Å². The van der Waals surface area contributed by atoms with Crippen LogP contribution in [-0.4, -0.2) is 37.4 Å². The molecule has 0 amide bonds. The van der Waals surface area contributed by atoms with E-state index in [1.807, 2.05) is 0 Å². The molecule has 2 N–H and O–H groups in total. The fourth-order valence-corrected chi connectivity index (χ4v) is 5.36. The van der Waals surface area contributed by atoms with Gasteiger partial charge in [0, 0.05) is 11.6 Å². The van der Waals surface area contributed by atoms with Crippen molar-refractivity contribution in [1.29, 1.82) is 0 Å². The number of fused-ring (bicyclic) bond motifs is 1. The lowest BCUT2D eigenvalue weighted by Crippen LogP contribution is -2.50. The number of alkyl halides is 3. The van der Waals surface area contributed by atoms with Crippen molar-refractivity contribution in [3.63, 3.8) is 0 Å². The molecule has 0 saturated heterocycles. The third-order valence-corrected chi connectivity index (χ3v) is 7.64. The molecule has 218 valence electrons. The molecule has 13 heteroatoms. The van der Waals surface area contributed by atoms with Gasteiger partial charge < -0.3 is 14.6 Å². The van der Waals surface area contributed by atoms with E-state index in [2.05, 4.69) is 20.2 Å². The quantitative estimate of drug-likeness (QED) is 0.219. The van der Waals surface area contributed by atoms with Gasteiger partial charge in [0.05, 0.1) is 29.6 Å². The van der Waals surface area contributed by atoms with Gasteiger partial charge in [0.1, 0.15) is 17.2 Å². The van der Waals surface area contributed by atoms with Crippen LogP contribution in [-0.2, 0) is 23.1 Å². The summed E-state index contributed by atoms with van der Waals surface area (Å²) >= 11 is 0. The van der Waals surface area contributed by atoms with Crippen LogP contribution in [0.2, 0.25) is 0 Å². The van der Waals surface area contributed by atoms with Gasteiger partial charge in [-0.05, 0) is 48.9 Å². The number of carbonyl (C=O) groups is 1. The molecule has 3 heterocycles. The van der Waals surface area contributed by atoms with Gasteiger partial charge in [0.2, 0.25) is 5.54 Å². The molecule has 1 aliphatic carbocycles. The molecule has 0 radical (unpaired) electrons. The Hall–Kier alpha value is -4.55. The lowest BCUT2D eigenvalue weighted by molar-refractivity contribution is -0.156. The third-order valence-electron chi connectivity index (χ3n) is 7.64. The summed E-state index contributed by atoms with van der Waals surface area (Å²) in [5.74, 6) is -3.59. The Kier molecular flexibility index (Phi) is 6.62. The normalized spacial score (nSPS) is 16.4. The van der Waals surface area contributed by atoms with Crippen molar-refractivity contribution in [2.45, 2.75) is 56.8 Å². The van der Waals surface area contributed by atoms with Gasteiger partial charge in [0.15, 0.2) is 17.4 Å². The van der Waals surface area contributed by atoms with Gasteiger partial charge >= 0.3 is 12.1 Å². The van der Waals surface area contributed by atoms with Crippen LogP contribution in [0.15, 0.2) is 52.1 Å². The summed E-state index contributed by atoms with van der Waals surface area (Å²) in [4.78, 5) is 20.1. The Balaban J connectivity index is 1.38. The molecule has 0 bridgehead atoms. The molecular formula is C29H24F5N5O3. The smallest absolute Gasteiger partial charge is 0.417 e. The monoisotopic (exact) mass is 585 g/mol. The van der Waals surface area contributed by atoms with Crippen molar-refractivity contribution in [1.82, 2.24) is 20.1 Å². The van der Waals surface area contributed by atoms with Crippen molar-refractivity contribution >= 4 is 12.2 Å². The summed E-state index contributed by atoms with van der Waals surface area (Å²) < 4.78 is 75.9. The highest BCUT2D eigenvalue weighted by atomic mass is 19.4. The van der Waals surface area contributed by atoms with Gasteiger partial charge in [-0.25, -0.2) is 18.6 Å². The Morgan fingerprint density at radius 2 is 1.93 bits per heavy atom. The Morgan fingerprint density at radius 3 is 2.62 bits per heavy atom. The Bertz CT molecular complexity index is 1710. The summed E-state index contributed by atoms with van der Waals surface area (Å²) in [6.07, 6.45) is -1.42. The number of aromatic amines is 1. The number of carboxylic acids is 1. The summed E-state index contributed by atoms with van der Waals surface area (Å²) in [5, 5.41) is 19.9. The highest BCUT2D eigenvalue weighted by molar-refractivity contribution is 5.84. The van der Waals surface area contributed by atoms with E-state index >= 15 is 0 Å². The molecule has 2 aromatic carbocycles. The van der Waals surface area contributed by atoms with Crippen LogP contribution >= 0.6 is 0 Å². The van der Waals surface area contributed by atoms with Crippen LogP contribution in [0.4, 0.5) is 22.0 Å². The number of carboxylic acid groups (broad SMARTS) is 1. The number of hydrogen-bond acceptors (Lipinski definition) is 6. The van der Waals surface area contributed by atoms with E-state index in [1.165, 1.54) is 35.5 Å². The molecule has 1 aliphatic heterocycles. The van der Waals surface area contributed by atoms with Crippen molar-refractivity contribution in [2.75, 3.05) is 0 Å². The van der Waals surface area contributed by atoms with Gasteiger partial charge in [-0.15, -0.1) is 0 Å². The molecule has 6 rings (SSSR count). The highest BCUT2D eigenvalue weighted by Crippen LogP contribution is 2.45. The first kappa shape index (κ1) is 27.6. The lowest BCUT2D eigenvalue weighted by Gasteiger charge is -2.37. The topological polar surface area (TPSA) is 108 Å². The van der Waals surface area contributed by atoms with Crippen molar-refractivity contribution in [3.05, 3.63) is 82.4 Å². The van der Waals surface area contributed by atoms with Gasteiger partial charge in [-0.3, -0.25) is 5.01 Å². The summed E-state index contributed by atoms with van der Waals surface area (Å²) in [7, 11) is 0. The average Bonchev–Trinajstić information content (AvgIpc) is 3.53. The predicted octanol–water partition coefficient (Wildman–Crippen LogP) is 6.84. The molecule has 1 saturated carbocycles. The van der Waals surface area contributed by atoms with E-state index in [0.29, 0.717) is 23.4 Å². The molecule has 2 aromatic heterocycles. The molecule has 0 spiro atoms. The molecule has 1 fully saturated rings. The first-order valence-corrected chi connectivity index (χ1v) is 13.3. The largest absolute Gasteiger partial charge is 0.479 e. The summed E-state index contributed by atoms with van der Waals surface area (Å²) in [6, 6.07) is 8.93. The highest BCUT2D eigenvalue weighted by Gasteiger charge is 2.50. The number of aliphatic carboxylic acids is 1. The number of nitrogens with zero attached hydrogens (tertiary/aromatic N) is 4. The van der Waals surface area contributed by atoms with Crippen LogP contribution in [0.3, 0.4) is 0 Å². The zero-order valence-corrected chi connectivity index (χ0v) is 22.2. The van der Waals surface area contributed by atoms with Crippen LogP contribution in [0.1, 0.15) is 66.8 Å². The number of imidazole rings is 1. The van der Waals surface area contributed by atoms with Crippen LogP contribution < -0.4 is 0 Å². The van der Waals surface area contributed by atoms with E-state index < -0.39 is 34.9 Å². The predicted molar refractivity (Wildman–Crippen MR) is 140 cm³/mol. The Labute approximate surface area is 235 Å². The lowest BCUT2D eigenvalue weighted by atomic mass is 9.88. The summed E-state index contributed by atoms with van der Waals surface area (Å²) in [5.41, 5.74) is -2.06. The SMILES string of the molecule is CCCC(C(=O)O)(c1cc(-c2ccc(C3CC3)cc2C(F)(F)F)no1)N1Cc2[nH]c(-c3cccc(F)c3F)nc2C=N1. The Morgan fingerprint density at radius 1 is 1.14 bits per heavy atom. The molecule has 4 aromatic rings. The second-order valence-corrected chi connectivity index (χ2v) is 10.4. The molecule has 1 unspecified atom stereocenters. The van der Waals surface area contributed by atoms with E-state index in [-0.39, 0.29) is 47.3 Å².